The number of esters is 1. The molecule has 2 fully saturated rings. The van der Waals surface area contributed by atoms with Crippen molar-refractivity contribution in [3.8, 4) is 0 Å². The Morgan fingerprint density at radius 1 is 1.00 bits per heavy atom. The highest BCUT2D eigenvalue weighted by Crippen LogP contribution is 2.48. The normalized spacial score (nSPS) is 31.8. The van der Waals surface area contributed by atoms with Crippen LogP contribution in [0.1, 0.15) is 55.4 Å². The molecular formula is C23H45N3O7Si2. The molecule has 0 aliphatic carbocycles. The van der Waals surface area contributed by atoms with E-state index < -0.39 is 58.5 Å². The molecule has 0 spiro atoms. The summed E-state index contributed by atoms with van der Waals surface area (Å²) >= 11 is 0. The maximum Gasteiger partial charge on any atom is 0.347 e. The molecule has 2 rings (SSSR count). The van der Waals surface area contributed by atoms with Gasteiger partial charge in [-0.1, -0.05) is 41.5 Å². The fourth-order valence-corrected chi connectivity index (χ4v) is 6.26. The van der Waals surface area contributed by atoms with Crippen LogP contribution in [-0.4, -0.2) is 72.2 Å². The molecule has 0 aromatic heterocycles. The molecule has 0 N–H and O–H groups in total. The van der Waals surface area contributed by atoms with Gasteiger partial charge in [-0.05, 0) is 60.8 Å². The summed E-state index contributed by atoms with van der Waals surface area (Å²) in [6, 6.07) is 0. The number of ether oxygens (including phenoxy) is 4. The fraction of sp³-hybridized carbons (Fsp3) is 0.957. The molecule has 2 aliphatic rings. The third kappa shape index (κ3) is 5.96. The van der Waals surface area contributed by atoms with E-state index in [0.717, 1.165) is 0 Å². The lowest BCUT2D eigenvalue weighted by Crippen LogP contribution is -2.59. The second-order valence-electron chi connectivity index (χ2n) is 13.0. The zero-order valence-corrected chi connectivity index (χ0v) is 25.7. The van der Waals surface area contributed by atoms with Crippen LogP contribution in [0.3, 0.4) is 0 Å². The van der Waals surface area contributed by atoms with Crippen molar-refractivity contribution in [1.82, 2.24) is 0 Å². The van der Waals surface area contributed by atoms with Gasteiger partial charge in [-0.25, -0.2) is 4.79 Å². The fourth-order valence-electron chi connectivity index (χ4n) is 3.69. The second kappa shape index (κ2) is 9.72. The van der Waals surface area contributed by atoms with Gasteiger partial charge in [-0.2, -0.15) is 0 Å². The average molecular weight is 532 g/mol. The van der Waals surface area contributed by atoms with Gasteiger partial charge < -0.3 is 27.8 Å². The minimum atomic E-state index is -2.51. The molecular weight excluding hydrogens is 486 g/mol. The van der Waals surface area contributed by atoms with Crippen LogP contribution >= 0.6 is 0 Å². The Bertz CT molecular complexity index is 847. The smallest absolute Gasteiger partial charge is 0.347 e. The largest absolute Gasteiger partial charge is 0.467 e. The van der Waals surface area contributed by atoms with E-state index in [9.17, 15) is 10.3 Å². The highest BCUT2D eigenvalue weighted by molar-refractivity contribution is 6.74. The molecule has 10 nitrogen and oxygen atoms in total. The lowest BCUT2D eigenvalue weighted by atomic mass is 10.0. The number of azide groups is 1. The van der Waals surface area contributed by atoms with Gasteiger partial charge >= 0.3 is 5.97 Å². The van der Waals surface area contributed by atoms with Gasteiger partial charge in [0.2, 0.25) is 0 Å². The molecule has 12 heteroatoms. The standard InChI is InChI=1S/C23H45N3O7Si2/c1-20(2,3)34(10,11)32-17-16(15-14-29-22(7,8)30-15)31-23(25-26-24,19(27)28-9)18(17)33-35(12,13)21(4,5)6/h15-18H,14H2,1-13H3/t15-,16-,17+,18-,23-/m1/s1. The predicted molar refractivity (Wildman–Crippen MR) is 138 cm³/mol. The van der Waals surface area contributed by atoms with Crippen LogP contribution in [0, 0.1) is 0 Å². The minimum Gasteiger partial charge on any atom is -0.467 e. The maximum atomic E-state index is 13.3. The summed E-state index contributed by atoms with van der Waals surface area (Å²) in [5.74, 6) is -1.66. The van der Waals surface area contributed by atoms with Gasteiger partial charge in [0, 0.05) is 4.91 Å². The molecule has 0 aromatic carbocycles. The third-order valence-corrected chi connectivity index (χ3v) is 16.8. The van der Waals surface area contributed by atoms with Gasteiger partial charge in [-0.15, -0.1) is 0 Å². The van der Waals surface area contributed by atoms with Crippen molar-refractivity contribution in [3.63, 3.8) is 0 Å². The number of nitrogens with zero attached hydrogens (tertiary/aromatic N) is 3. The van der Waals surface area contributed by atoms with E-state index in [4.69, 9.17) is 27.8 Å². The van der Waals surface area contributed by atoms with Crippen molar-refractivity contribution in [2.24, 2.45) is 5.11 Å². The summed E-state index contributed by atoms with van der Waals surface area (Å²) in [5.41, 5.74) is 7.47. The molecule has 0 radical (unpaired) electrons. The summed E-state index contributed by atoms with van der Waals surface area (Å²) in [5, 5.41) is 3.56. The summed E-state index contributed by atoms with van der Waals surface area (Å²) in [4.78, 5) is 16.3. The van der Waals surface area contributed by atoms with E-state index in [2.05, 4.69) is 77.8 Å². The van der Waals surface area contributed by atoms with Crippen molar-refractivity contribution >= 4 is 22.6 Å². The van der Waals surface area contributed by atoms with Crippen LogP contribution in [0.25, 0.3) is 10.4 Å². The highest BCUT2D eigenvalue weighted by atomic mass is 28.4. The van der Waals surface area contributed by atoms with Gasteiger partial charge in [0.05, 0.1) is 13.7 Å². The Morgan fingerprint density at radius 3 is 1.91 bits per heavy atom. The minimum absolute atomic E-state index is 0.139. The summed E-state index contributed by atoms with van der Waals surface area (Å²) in [6.07, 6.45) is -3.13. The van der Waals surface area contributed by atoms with E-state index in [1.807, 2.05) is 13.8 Å². The van der Waals surface area contributed by atoms with Crippen LogP contribution < -0.4 is 0 Å². The van der Waals surface area contributed by atoms with Crippen molar-refractivity contribution in [2.45, 2.75) is 128 Å². The number of rotatable bonds is 7. The van der Waals surface area contributed by atoms with Gasteiger partial charge in [0.25, 0.3) is 5.72 Å². The first-order valence-corrected chi connectivity index (χ1v) is 18.0. The lowest BCUT2D eigenvalue weighted by molar-refractivity contribution is -0.186. The third-order valence-electron chi connectivity index (χ3n) is 7.86. The molecule has 202 valence electrons. The highest BCUT2D eigenvalue weighted by Gasteiger charge is 2.67. The first-order chi connectivity index (χ1) is 15.6. The Labute approximate surface area is 212 Å². The van der Waals surface area contributed by atoms with Gasteiger partial charge in [0.15, 0.2) is 22.4 Å². The Balaban J connectivity index is 2.73. The Kier molecular flexibility index (Phi) is 8.39. The van der Waals surface area contributed by atoms with E-state index >= 15 is 0 Å². The van der Waals surface area contributed by atoms with E-state index in [1.165, 1.54) is 7.11 Å². The zero-order valence-electron chi connectivity index (χ0n) is 23.7. The number of hydrogen-bond acceptors (Lipinski definition) is 8. The monoisotopic (exact) mass is 531 g/mol. The van der Waals surface area contributed by atoms with E-state index in [1.54, 1.807) is 0 Å². The van der Waals surface area contributed by atoms with Crippen molar-refractivity contribution in [3.05, 3.63) is 10.4 Å². The molecule has 0 unspecified atom stereocenters. The molecule has 0 aromatic rings. The molecule has 2 aliphatic heterocycles. The van der Waals surface area contributed by atoms with E-state index in [0.29, 0.717) is 0 Å². The van der Waals surface area contributed by atoms with Crippen LogP contribution in [0.15, 0.2) is 5.11 Å². The zero-order chi connectivity index (χ0) is 27.3. The molecule has 0 bridgehead atoms. The molecule has 5 atom stereocenters. The van der Waals surface area contributed by atoms with Crippen molar-refractivity contribution < 1.29 is 32.6 Å². The van der Waals surface area contributed by atoms with Crippen LogP contribution in [0.2, 0.25) is 36.3 Å². The van der Waals surface area contributed by atoms with Gasteiger partial charge in [-0.3, -0.25) is 0 Å². The molecule has 35 heavy (non-hydrogen) atoms. The van der Waals surface area contributed by atoms with Gasteiger partial charge in [0.1, 0.15) is 24.4 Å². The second-order valence-corrected chi connectivity index (χ2v) is 22.5. The van der Waals surface area contributed by atoms with Crippen molar-refractivity contribution in [1.29, 1.82) is 0 Å². The van der Waals surface area contributed by atoms with Crippen molar-refractivity contribution in [2.75, 3.05) is 13.7 Å². The summed E-state index contributed by atoms with van der Waals surface area (Å²) in [7, 11) is -3.70. The topological polar surface area (TPSA) is 121 Å². The number of carbonyl (C=O) groups excluding carboxylic acids is 1. The van der Waals surface area contributed by atoms with E-state index in [-0.39, 0.29) is 16.7 Å². The Morgan fingerprint density at radius 2 is 1.51 bits per heavy atom. The quantitative estimate of drug-likeness (QED) is 0.140. The molecule has 2 saturated heterocycles. The summed E-state index contributed by atoms with van der Waals surface area (Å²) < 4.78 is 37.2. The molecule has 2 heterocycles. The summed E-state index contributed by atoms with van der Waals surface area (Å²) in [6.45, 7) is 24.9. The van der Waals surface area contributed by atoms with Crippen LogP contribution in [0.4, 0.5) is 0 Å². The van der Waals surface area contributed by atoms with Crippen LogP contribution in [-0.2, 0) is 32.6 Å². The van der Waals surface area contributed by atoms with Crippen LogP contribution in [0.5, 0.6) is 0 Å². The lowest BCUT2D eigenvalue weighted by Gasteiger charge is -2.45. The number of carbonyl (C=O) groups is 1. The molecule has 0 amide bonds. The first-order valence-electron chi connectivity index (χ1n) is 12.1. The average Bonchev–Trinajstić information content (AvgIpc) is 3.18. The number of methoxy groups -OCH3 is 1. The maximum absolute atomic E-state index is 13.3. The molecule has 0 saturated carbocycles. The first kappa shape index (κ1) is 30.2. The Hall–Kier alpha value is -0.986. The SMILES string of the molecule is COC(=O)[C@]1(N=[N+]=[N-])O[C@H]([C@H]2COC(C)(C)O2)[C@H](O[Si](C)(C)C(C)(C)C)[C@H]1O[Si](C)(C)C(C)(C)C. The predicted octanol–water partition coefficient (Wildman–Crippen LogP) is 5.50. The number of hydrogen-bond donors (Lipinski definition) is 0.